The van der Waals surface area contributed by atoms with E-state index in [4.69, 9.17) is 7.74 Å². The Morgan fingerprint density at radius 2 is 1.11 bits per heavy atom. The van der Waals surface area contributed by atoms with E-state index in [1.165, 1.54) is 133 Å². The average molecular weight is 709 g/mol. The van der Waals surface area contributed by atoms with Gasteiger partial charge in [0.2, 0.25) is 5.69 Å². The van der Waals surface area contributed by atoms with Crippen LogP contribution in [0.4, 0.5) is 5.69 Å². The highest BCUT2D eigenvalue weighted by Gasteiger charge is 2.34. The van der Waals surface area contributed by atoms with Crippen LogP contribution in [0.5, 0.6) is 0 Å². The van der Waals surface area contributed by atoms with Gasteiger partial charge in [0.1, 0.15) is 13.7 Å². The minimum Gasteiger partial charge on any atom is -0.198 e. The molecule has 0 spiro atoms. The van der Waals surface area contributed by atoms with Gasteiger partial charge in [-0.25, -0.2) is 0 Å². The highest BCUT2D eigenvalue weighted by molar-refractivity contribution is 7.08. The van der Waals surface area contributed by atoms with Gasteiger partial charge in [-0.15, -0.1) is 0 Å². The summed E-state index contributed by atoms with van der Waals surface area (Å²) in [6.45, 7) is 37.0. The molecule has 3 heteroatoms. The highest BCUT2D eigenvalue weighted by Crippen LogP contribution is 2.48. The van der Waals surface area contributed by atoms with Crippen molar-refractivity contribution in [3.05, 3.63) is 142 Å². The maximum atomic E-state index is 7.00. The van der Waals surface area contributed by atoms with Gasteiger partial charge in [-0.3, -0.25) is 0 Å². The van der Waals surface area contributed by atoms with Crippen LogP contribution in [0.2, 0.25) is 6.32 Å². The number of benzene rings is 4. The summed E-state index contributed by atoms with van der Waals surface area (Å²) in [6, 6.07) is 0. The van der Waals surface area contributed by atoms with E-state index < -0.39 is 0 Å². The van der Waals surface area contributed by atoms with Gasteiger partial charge in [-0.1, -0.05) is 49.1 Å². The van der Waals surface area contributed by atoms with Crippen molar-refractivity contribution in [1.82, 2.24) is 0 Å². The number of nitrogens with zero attached hydrogens (tertiary/aromatic N) is 1. The predicted octanol–water partition coefficient (Wildman–Crippen LogP) is 12.7. The summed E-state index contributed by atoms with van der Waals surface area (Å²) < 4.78 is 2.44. The Morgan fingerprint density at radius 3 is 1.69 bits per heavy atom. The minimum atomic E-state index is -0.0314. The van der Waals surface area contributed by atoms with Crippen molar-refractivity contribution < 1.29 is 4.58 Å². The van der Waals surface area contributed by atoms with Crippen LogP contribution in [0.15, 0.2) is 58.6 Å². The van der Waals surface area contributed by atoms with Gasteiger partial charge in [-0.05, 0) is 213 Å². The van der Waals surface area contributed by atoms with Crippen LogP contribution in [-0.2, 0) is 12.8 Å². The van der Waals surface area contributed by atoms with E-state index in [1.54, 1.807) is 11.1 Å². The van der Waals surface area contributed by atoms with E-state index >= 15 is 0 Å². The molecule has 54 heavy (non-hydrogen) atoms. The molecule has 1 unspecified atom stereocenters. The van der Waals surface area contributed by atoms with Gasteiger partial charge in [0, 0.05) is 30.9 Å². The van der Waals surface area contributed by atoms with Crippen molar-refractivity contribution in [2.75, 3.05) is 7.05 Å². The molecule has 1 nitrogen and oxygen atoms in total. The molecular formula is C51H60B2N+. The Hall–Kier alpha value is -4.10. The van der Waals surface area contributed by atoms with E-state index in [1.807, 2.05) is 0 Å². The number of fused-ring (bicyclic) bond motifs is 6. The largest absolute Gasteiger partial charge is 0.212 e. The molecule has 0 fully saturated rings. The van der Waals surface area contributed by atoms with Crippen LogP contribution in [0.3, 0.4) is 0 Å². The second kappa shape index (κ2) is 13.6. The molecule has 0 N–H and O–H groups in total. The molecular weight excluding hydrogens is 648 g/mol. The van der Waals surface area contributed by atoms with Crippen molar-refractivity contribution in [2.45, 2.75) is 128 Å². The van der Waals surface area contributed by atoms with Crippen molar-refractivity contribution >= 4 is 47.3 Å². The number of aryl methyl sites for hydroxylation is 6. The Morgan fingerprint density at radius 1 is 0.611 bits per heavy atom. The fourth-order valence-corrected chi connectivity index (χ4v) is 10.7. The quantitative estimate of drug-likeness (QED) is 0.147. The van der Waals surface area contributed by atoms with Crippen LogP contribution in [-0.4, -0.2) is 31.7 Å². The molecule has 1 aliphatic carbocycles. The average Bonchev–Trinajstić information content (AvgIpc) is 3.62. The Balaban J connectivity index is 1.29. The third-order valence-corrected chi connectivity index (χ3v) is 15.0. The van der Waals surface area contributed by atoms with E-state index in [9.17, 15) is 0 Å². The molecule has 4 aromatic rings. The topological polar surface area (TPSA) is 3.01 Å². The second-order valence-corrected chi connectivity index (χ2v) is 17.3. The van der Waals surface area contributed by atoms with Gasteiger partial charge in [-0.2, -0.15) is 4.58 Å². The van der Waals surface area contributed by atoms with Crippen molar-refractivity contribution in [1.29, 1.82) is 0 Å². The highest BCUT2D eigenvalue weighted by atomic mass is 15.0. The molecule has 3 aliphatic rings. The van der Waals surface area contributed by atoms with E-state index in [-0.39, 0.29) is 6.60 Å². The summed E-state index contributed by atoms with van der Waals surface area (Å²) in [4.78, 5) is 0. The molecule has 0 amide bonds. The molecule has 2 heterocycles. The van der Waals surface area contributed by atoms with E-state index in [2.05, 4.69) is 139 Å². The smallest absolute Gasteiger partial charge is 0.198 e. The molecule has 2 aliphatic heterocycles. The number of hydrogen-bond donors (Lipinski definition) is 0. The van der Waals surface area contributed by atoms with E-state index in [0.29, 0.717) is 5.92 Å². The Bertz CT molecular complexity index is 2560. The van der Waals surface area contributed by atoms with Gasteiger partial charge in [0.05, 0.1) is 6.42 Å². The zero-order chi connectivity index (χ0) is 39.4. The lowest BCUT2D eigenvalue weighted by Crippen LogP contribution is -2.16. The summed E-state index contributed by atoms with van der Waals surface area (Å²) >= 11 is 0. The first-order chi connectivity index (χ1) is 25.4. The lowest BCUT2D eigenvalue weighted by atomic mass is 9.27. The van der Waals surface area contributed by atoms with Crippen LogP contribution in [0.25, 0.3) is 21.5 Å². The maximum absolute atomic E-state index is 7.00. The number of rotatable bonds is 3. The van der Waals surface area contributed by atoms with Crippen LogP contribution in [0.1, 0.15) is 110 Å². The summed E-state index contributed by atoms with van der Waals surface area (Å²) in [6.07, 6.45) is 13.2. The fraction of sp³-hybridized carbons (Fsp3) is 0.392. The first-order valence-electron chi connectivity index (χ1n) is 20.3. The van der Waals surface area contributed by atoms with E-state index in [0.717, 1.165) is 25.6 Å². The molecule has 0 aromatic heterocycles. The van der Waals surface area contributed by atoms with Crippen LogP contribution < -0.4 is 0 Å². The number of hydrogen-bond acceptors (Lipinski definition) is 0. The van der Waals surface area contributed by atoms with Gasteiger partial charge in [0.25, 0.3) is 0 Å². The zero-order valence-corrected chi connectivity index (χ0v) is 36.0. The zero-order valence-electron chi connectivity index (χ0n) is 36.0. The second-order valence-electron chi connectivity index (χ2n) is 17.3. The molecule has 1 atom stereocenters. The van der Waals surface area contributed by atoms with Crippen LogP contribution in [0, 0.1) is 83.1 Å². The molecule has 2 radical (unpaired) electrons. The molecule has 7 rings (SSSR count). The van der Waals surface area contributed by atoms with Crippen molar-refractivity contribution in [3.8, 4) is 0 Å². The minimum absolute atomic E-state index is 0.0314. The fourth-order valence-electron chi connectivity index (χ4n) is 10.7. The summed E-state index contributed by atoms with van der Waals surface area (Å²) in [7, 11) is 9.25. The third kappa shape index (κ3) is 5.46. The lowest BCUT2D eigenvalue weighted by Gasteiger charge is -2.22. The van der Waals surface area contributed by atoms with Gasteiger partial charge in [0.15, 0.2) is 5.71 Å². The Kier molecular flexibility index (Phi) is 9.60. The molecule has 0 saturated heterocycles. The summed E-state index contributed by atoms with van der Waals surface area (Å²) in [5.41, 5.74) is 30.8. The normalized spacial score (nSPS) is 19.2. The Labute approximate surface area is 328 Å². The summed E-state index contributed by atoms with van der Waals surface area (Å²) in [5.74, 6) is 0.380. The van der Waals surface area contributed by atoms with Gasteiger partial charge < -0.3 is 0 Å². The SMILES string of the molecule is [B]B1CCC(=C)/C(=C\C=C2/Cc3c(c(C)c(C)c4c(C)c(C)c(C)c(C)c34)C2C)C(C)=C1/C=C/C1=[N+](C)c2c(C)c(C)c3c(C)c(C)c(C)c(C)c3c2C1. The first-order valence-corrected chi connectivity index (χ1v) is 20.3. The predicted molar refractivity (Wildman–Crippen MR) is 239 cm³/mol. The first kappa shape index (κ1) is 38.2. The van der Waals surface area contributed by atoms with Crippen molar-refractivity contribution in [2.24, 2.45) is 0 Å². The molecule has 274 valence electrons. The molecule has 0 bridgehead atoms. The number of allylic oxidation sites excluding steroid dienone is 9. The molecule has 4 aromatic carbocycles. The lowest BCUT2D eigenvalue weighted by molar-refractivity contribution is -0.401. The monoisotopic (exact) mass is 708 g/mol. The summed E-state index contributed by atoms with van der Waals surface area (Å²) in [5, 5.41) is 5.88. The van der Waals surface area contributed by atoms with Crippen LogP contribution >= 0.6 is 0 Å². The third-order valence-electron chi connectivity index (χ3n) is 15.0. The van der Waals surface area contributed by atoms with Gasteiger partial charge >= 0.3 is 0 Å². The standard InChI is InChI=1S/C51H60B2N/c1-25-21-22-53(52)45(20-18-41-24-44-50-33(9)29(5)27(3)31(7)48(50)36(12)37(13)51(44)54(41)16)39(15)42(25)19-17-40-23-43-46(38(40)14)34(10)35(11)47-30(6)26(2)28(4)32(8)49(43)47/h17-20,38H,1,21-24H2,2-16H3/q+1/b20-18+,40-17+,42-19+. The van der Waals surface area contributed by atoms with Crippen molar-refractivity contribution in [3.63, 3.8) is 0 Å². The maximum Gasteiger partial charge on any atom is 0.212 e. The molecule has 0 saturated carbocycles.